The topological polar surface area (TPSA) is 84.6 Å². The van der Waals surface area contributed by atoms with Crippen LogP contribution in [0.15, 0.2) is 35.7 Å². The predicted molar refractivity (Wildman–Crippen MR) is 160 cm³/mol. The zero-order valence-electron chi connectivity index (χ0n) is 24.8. The Hall–Kier alpha value is -3.11. The van der Waals surface area contributed by atoms with Crippen molar-refractivity contribution in [3.8, 4) is 17.1 Å². The molecule has 0 fully saturated rings. The molecule has 4 aromatic rings. The molecule has 0 unspecified atom stereocenters. The van der Waals surface area contributed by atoms with E-state index in [1.165, 1.54) is 20.6 Å². The van der Waals surface area contributed by atoms with Crippen LogP contribution in [0.1, 0.15) is 62.3 Å². The van der Waals surface area contributed by atoms with Crippen molar-refractivity contribution >= 4 is 53.0 Å². The zero-order valence-corrected chi connectivity index (χ0v) is 26.6. The van der Waals surface area contributed by atoms with Gasteiger partial charge in [0, 0.05) is 5.39 Å². The molecule has 8 nitrogen and oxygen atoms in total. The number of aromatic nitrogens is 3. The predicted octanol–water partition coefficient (Wildman–Crippen LogP) is 8.67. The molecular weight excluding hydrogens is 530 g/mol. The van der Waals surface area contributed by atoms with Crippen molar-refractivity contribution in [3.05, 3.63) is 35.7 Å². The van der Waals surface area contributed by atoms with Crippen LogP contribution in [0.3, 0.4) is 0 Å². The van der Waals surface area contributed by atoms with E-state index in [1.54, 1.807) is 0 Å². The van der Waals surface area contributed by atoms with Crippen molar-refractivity contribution in [1.29, 1.82) is 0 Å². The fourth-order valence-corrected chi connectivity index (χ4v) is 5.73. The van der Waals surface area contributed by atoms with E-state index >= 15 is 0 Å². The number of hydrogen-bond acceptors (Lipinski definition) is 7. The molecule has 39 heavy (non-hydrogen) atoms. The van der Waals surface area contributed by atoms with Crippen LogP contribution in [0, 0.1) is 0 Å². The lowest BCUT2D eigenvalue weighted by atomic mass is 10.2. The number of nitrogens with zero attached hydrogens (tertiary/aromatic N) is 3. The third kappa shape index (κ3) is 5.91. The maximum absolute atomic E-state index is 13.6. The third-order valence-electron chi connectivity index (χ3n) is 6.63. The fourth-order valence-electron chi connectivity index (χ4n) is 3.84. The third-order valence-corrected chi connectivity index (χ3v) is 11.9. The minimum absolute atomic E-state index is 0.0365. The second-order valence-corrected chi connectivity index (χ2v) is 18.9. The summed E-state index contributed by atoms with van der Waals surface area (Å²) in [5, 5.41) is 7.39. The highest BCUT2D eigenvalue weighted by molar-refractivity contribution is 7.17. The Labute approximate surface area is 235 Å². The summed E-state index contributed by atoms with van der Waals surface area (Å²) in [6.07, 6.45) is -1.11. The molecule has 3 heterocycles. The molecule has 10 heteroatoms. The van der Waals surface area contributed by atoms with Gasteiger partial charge in [-0.15, -0.1) is 11.3 Å². The summed E-state index contributed by atoms with van der Waals surface area (Å²) in [5.41, 5.74) is 0.922. The van der Waals surface area contributed by atoms with Crippen molar-refractivity contribution in [1.82, 2.24) is 14.3 Å². The Bertz CT molecular complexity index is 1560. The first-order chi connectivity index (χ1) is 17.8. The van der Waals surface area contributed by atoms with E-state index < -0.39 is 31.7 Å². The molecule has 0 aliphatic carbocycles. The standard InChI is InChI=1S/C29H39N3O5SSi/c1-27(2,3)35-25(33)31-20-13-12-19(37-39(10,11)29(7,8)9)16-18(20)17-22(31)23-24-21(14-15-38-24)32(30-23)26(34)36-28(4,5)6/h12-17H,1-11H3. The average Bonchev–Trinajstić information content (AvgIpc) is 3.42. The first-order valence-corrected chi connectivity index (χ1v) is 16.8. The summed E-state index contributed by atoms with van der Waals surface area (Å²) in [7, 11) is -2.08. The Morgan fingerprint density at radius 2 is 1.46 bits per heavy atom. The molecule has 0 saturated heterocycles. The maximum Gasteiger partial charge on any atom is 0.435 e. The van der Waals surface area contributed by atoms with E-state index in [0.29, 0.717) is 22.4 Å². The molecule has 210 valence electrons. The van der Waals surface area contributed by atoms with Gasteiger partial charge in [-0.3, -0.25) is 0 Å². The van der Waals surface area contributed by atoms with Crippen LogP contribution in [0.2, 0.25) is 18.1 Å². The number of ether oxygens (including phenoxy) is 2. The van der Waals surface area contributed by atoms with Gasteiger partial charge in [0.25, 0.3) is 0 Å². The van der Waals surface area contributed by atoms with E-state index in [-0.39, 0.29) is 5.04 Å². The highest BCUT2D eigenvalue weighted by atomic mass is 32.1. The number of carbonyl (C=O) groups is 2. The van der Waals surface area contributed by atoms with Gasteiger partial charge in [0.05, 0.1) is 21.4 Å². The van der Waals surface area contributed by atoms with E-state index in [0.717, 1.165) is 15.8 Å². The first kappa shape index (κ1) is 28.9. The van der Waals surface area contributed by atoms with Gasteiger partial charge in [0.15, 0.2) is 0 Å². The molecule has 0 amide bonds. The van der Waals surface area contributed by atoms with E-state index in [9.17, 15) is 9.59 Å². The number of rotatable bonds is 3. The molecule has 0 bridgehead atoms. The maximum atomic E-state index is 13.6. The molecule has 4 rings (SSSR count). The SMILES string of the molecule is CC(C)(C)OC(=O)n1nc(-c2cc3cc(O[Si](C)(C)C(C)(C)C)ccc3n2C(=O)OC(C)(C)C)c2sccc21. The van der Waals surface area contributed by atoms with Crippen LogP contribution in [0.4, 0.5) is 9.59 Å². The van der Waals surface area contributed by atoms with Crippen molar-refractivity contribution in [3.63, 3.8) is 0 Å². The highest BCUT2D eigenvalue weighted by Crippen LogP contribution is 2.40. The summed E-state index contributed by atoms with van der Waals surface area (Å²) in [5.74, 6) is 0.752. The number of thiophene rings is 1. The van der Waals surface area contributed by atoms with Gasteiger partial charge in [0.2, 0.25) is 8.32 Å². The minimum Gasteiger partial charge on any atom is -0.543 e. The van der Waals surface area contributed by atoms with E-state index in [4.69, 9.17) is 13.9 Å². The Morgan fingerprint density at radius 3 is 2.05 bits per heavy atom. The molecule has 0 saturated carbocycles. The second kappa shape index (κ2) is 9.52. The Balaban J connectivity index is 1.91. The van der Waals surface area contributed by atoms with Gasteiger partial charge in [-0.25, -0.2) is 14.2 Å². The number of carbonyl (C=O) groups excluding carboxylic acids is 2. The second-order valence-electron chi connectivity index (χ2n) is 13.3. The molecule has 0 aliphatic rings. The summed E-state index contributed by atoms with van der Waals surface area (Å²) in [6, 6.07) is 9.45. The molecule has 0 atom stereocenters. The van der Waals surface area contributed by atoms with Crippen LogP contribution < -0.4 is 4.43 Å². The smallest absolute Gasteiger partial charge is 0.435 e. The van der Waals surface area contributed by atoms with Gasteiger partial charge in [0.1, 0.15) is 22.6 Å². The van der Waals surface area contributed by atoms with E-state index in [1.807, 2.05) is 77.3 Å². The van der Waals surface area contributed by atoms with Crippen molar-refractivity contribution in [2.75, 3.05) is 0 Å². The highest BCUT2D eigenvalue weighted by Gasteiger charge is 2.39. The molecule has 3 aromatic heterocycles. The largest absolute Gasteiger partial charge is 0.543 e. The Morgan fingerprint density at radius 1 is 0.846 bits per heavy atom. The van der Waals surface area contributed by atoms with Crippen LogP contribution in [0.5, 0.6) is 5.75 Å². The van der Waals surface area contributed by atoms with Crippen LogP contribution in [0.25, 0.3) is 32.5 Å². The van der Waals surface area contributed by atoms with Crippen LogP contribution in [-0.2, 0) is 9.47 Å². The molecule has 0 aliphatic heterocycles. The average molecular weight is 570 g/mol. The van der Waals surface area contributed by atoms with Gasteiger partial charge in [-0.05, 0) is 95.4 Å². The molecule has 0 radical (unpaired) electrons. The molecule has 0 spiro atoms. The summed E-state index contributed by atoms with van der Waals surface area (Å²) in [4.78, 5) is 26.6. The van der Waals surface area contributed by atoms with Crippen LogP contribution >= 0.6 is 11.3 Å². The molecule has 1 aromatic carbocycles. The van der Waals surface area contributed by atoms with Crippen LogP contribution in [-0.4, -0.2) is 46.1 Å². The lowest BCUT2D eigenvalue weighted by Gasteiger charge is -2.36. The monoisotopic (exact) mass is 569 g/mol. The summed E-state index contributed by atoms with van der Waals surface area (Å²) in [6.45, 7) is 21.9. The van der Waals surface area contributed by atoms with Gasteiger partial charge in [-0.1, -0.05) is 20.8 Å². The molecular formula is C29H39N3O5SSi. The van der Waals surface area contributed by atoms with E-state index in [2.05, 4.69) is 39.0 Å². The van der Waals surface area contributed by atoms with Crippen molar-refractivity contribution < 1.29 is 23.5 Å². The van der Waals surface area contributed by atoms with Crippen molar-refractivity contribution in [2.24, 2.45) is 0 Å². The quantitative estimate of drug-likeness (QED) is 0.230. The fraction of sp³-hybridized carbons (Fsp3) is 0.483. The lowest BCUT2D eigenvalue weighted by molar-refractivity contribution is 0.0520. The number of hydrogen-bond donors (Lipinski definition) is 0. The van der Waals surface area contributed by atoms with Gasteiger partial charge < -0.3 is 13.9 Å². The summed E-state index contributed by atoms with van der Waals surface area (Å²) < 4.78 is 21.5. The first-order valence-electron chi connectivity index (χ1n) is 13.1. The lowest BCUT2D eigenvalue weighted by Crippen LogP contribution is -2.43. The molecule has 0 N–H and O–H groups in total. The summed E-state index contributed by atoms with van der Waals surface area (Å²) >= 11 is 1.45. The Kier molecular flexibility index (Phi) is 7.05. The minimum atomic E-state index is -2.08. The zero-order chi connectivity index (χ0) is 29.1. The normalized spacial score (nSPS) is 13.2. The van der Waals surface area contributed by atoms with Gasteiger partial charge in [-0.2, -0.15) is 9.78 Å². The van der Waals surface area contributed by atoms with Crippen molar-refractivity contribution in [2.45, 2.75) is 91.6 Å². The van der Waals surface area contributed by atoms with Gasteiger partial charge >= 0.3 is 12.2 Å². The number of fused-ring (bicyclic) bond motifs is 2. The number of benzene rings is 1.